The van der Waals surface area contributed by atoms with E-state index in [1.165, 1.54) is 24.1 Å². The predicted molar refractivity (Wildman–Crippen MR) is 60.6 cm³/mol. The molecule has 1 aliphatic rings. The molecule has 0 radical (unpaired) electrons. The highest BCUT2D eigenvalue weighted by atomic mass is 15.2. The molecule has 0 aromatic heterocycles. The van der Waals surface area contributed by atoms with Gasteiger partial charge < -0.3 is 10.6 Å². The number of anilines is 1. The second kappa shape index (κ2) is 4.01. The first-order valence-electron chi connectivity index (χ1n) is 5.33. The second-order valence-corrected chi connectivity index (χ2v) is 4.05. The van der Waals surface area contributed by atoms with E-state index in [4.69, 9.17) is 5.73 Å². The summed E-state index contributed by atoms with van der Waals surface area (Å²) in [5.41, 5.74) is 8.17. The highest BCUT2D eigenvalue weighted by Gasteiger charge is 2.26. The Balaban J connectivity index is 2.04. The van der Waals surface area contributed by atoms with Crippen LogP contribution in [0.4, 0.5) is 5.69 Å². The van der Waals surface area contributed by atoms with Crippen LogP contribution in [-0.2, 0) is 6.42 Å². The van der Waals surface area contributed by atoms with Gasteiger partial charge in [-0.15, -0.1) is 0 Å². The molecular formula is C12H18N2. The molecule has 2 nitrogen and oxygen atoms in total. The van der Waals surface area contributed by atoms with Crippen LogP contribution in [0.2, 0.25) is 0 Å². The quantitative estimate of drug-likeness (QED) is 0.784. The van der Waals surface area contributed by atoms with Crippen LogP contribution in [-0.4, -0.2) is 19.6 Å². The van der Waals surface area contributed by atoms with E-state index in [0.717, 1.165) is 19.0 Å². The van der Waals surface area contributed by atoms with E-state index < -0.39 is 0 Å². The molecule has 0 bridgehead atoms. The zero-order chi connectivity index (χ0) is 9.97. The molecule has 1 fully saturated rings. The highest BCUT2D eigenvalue weighted by Crippen LogP contribution is 2.29. The van der Waals surface area contributed by atoms with Gasteiger partial charge in [-0.3, -0.25) is 0 Å². The molecular weight excluding hydrogens is 172 g/mol. The van der Waals surface area contributed by atoms with Crippen molar-refractivity contribution in [3.05, 3.63) is 29.8 Å². The molecule has 0 saturated heterocycles. The Kier molecular flexibility index (Phi) is 2.73. The summed E-state index contributed by atoms with van der Waals surface area (Å²) in [7, 11) is 2.18. The Bertz CT molecular complexity index is 288. The molecule has 0 atom stereocenters. The number of rotatable bonds is 4. The van der Waals surface area contributed by atoms with Crippen LogP contribution in [0.15, 0.2) is 24.3 Å². The molecule has 0 spiro atoms. The lowest BCUT2D eigenvalue weighted by molar-refractivity contribution is 0.913. The third-order valence-electron chi connectivity index (χ3n) is 2.87. The molecule has 0 amide bonds. The van der Waals surface area contributed by atoms with Crippen molar-refractivity contribution in [3.63, 3.8) is 0 Å². The zero-order valence-corrected chi connectivity index (χ0v) is 8.74. The van der Waals surface area contributed by atoms with E-state index >= 15 is 0 Å². The normalized spacial score (nSPS) is 15.6. The van der Waals surface area contributed by atoms with Gasteiger partial charge in [0.1, 0.15) is 0 Å². The first kappa shape index (κ1) is 9.53. The van der Waals surface area contributed by atoms with Crippen LogP contribution in [0.5, 0.6) is 0 Å². The first-order valence-corrected chi connectivity index (χ1v) is 5.33. The number of benzene rings is 1. The predicted octanol–water partition coefficient (Wildman–Crippen LogP) is 1.79. The highest BCUT2D eigenvalue weighted by molar-refractivity contribution is 5.48. The number of hydrogen-bond donors (Lipinski definition) is 1. The molecule has 14 heavy (non-hydrogen) atoms. The summed E-state index contributed by atoms with van der Waals surface area (Å²) in [5, 5.41) is 0. The van der Waals surface area contributed by atoms with Crippen LogP contribution in [0, 0.1) is 0 Å². The molecule has 2 N–H and O–H groups in total. The molecule has 76 valence electrons. The van der Waals surface area contributed by atoms with Crippen molar-refractivity contribution in [2.75, 3.05) is 18.5 Å². The van der Waals surface area contributed by atoms with Gasteiger partial charge in [-0.1, -0.05) is 12.1 Å². The Morgan fingerprint density at radius 3 is 2.43 bits per heavy atom. The summed E-state index contributed by atoms with van der Waals surface area (Å²) in [5.74, 6) is 0. The lowest BCUT2D eigenvalue weighted by atomic mass is 10.1. The monoisotopic (exact) mass is 190 g/mol. The maximum Gasteiger partial charge on any atom is 0.0366 e. The fourth-order valence-corrected chi connectivity index (χ4v) is 1.74. The fraction of sp³-hybridized carbons (Fsp3) is 0.500. The Morgan fingerprint density at radius 1 is 1.29 bits per heavy atom. The van der Waals surface area contributed by atoms with Crippen LogP contribution >= 0.6 is 0 Å². The van der Waals surface area contributed by atoms with Gasteiger partial charge in [0, 0.05) is 18.8 Å². The van der Waals surface area contributed by atoms with Crippen LogP contribution in [0.25, 0.3) is 0 Å². The van der Waals surface area contributed by atoms with E-state index in [1.807, 2.05) is 0 Å². The summed E-state index contributed by atoms with van der Waals surface area (Å²) in [6, 6.07) is 9.55. The summed E-state index contributed by atoms with van der Waals surface area (Å²) < 4.78 is 0. The van der Waals surface area contributed by atoms with E-state index in [2.05, 4.69) is 36.2 Å². The Hall–Kier alpha value is -1.02. The summed E-state index contributed by atoms with van der Waals surface area (Å²) in [6.45, 7) is 0.734. The van der Waals surface area contributed by atoms with Crippen LogP contribution < -0.4 is 10.6 Å². The zero-order valence-electron chi connectivity index (χ0n) is 8.74. The largest absolute Gasteiger partial charge is 0.372 e. The summed E-state index contributed by atoms with van der Waals surface area (Å²) in [6.07, 6.45) is 3.68. The van der Waals surface area contributed by atoms with Gasteiger partial charge in [0.25, 0.3) is 0 Å². The second-order valence-electron chi connectivity index (χ2n) is 4.05. The average Bonchev–Trinajstić information content (AvgIpc) is 3.02. The minimum Gasteiger partial charge on any atom is -0.372 e. The smallest absolute Gasteiger partial charge is 0.0366 e. The van der Waals surface area contributed by atoms with Crippen molar-refractivity contribution in [1.29, 1.82) is 0 Å². The number of hydrogen-bond acceptors (Lipinski definition) is 2. The molecule has 2 heteroatoms. The third-order valence-corrected chi connectivity index (χ3v) is 2.87. The maximum absolute atomic E-state index is 5.51. The standard InChI is InChI=1S/C12H18N2/c1-14(12-6-7-12)11-4-2-10(3-5-11)8-9-13/h2-5,12H,6-9,13H2,1H3. The minimum absolute atomic E-state index is 0.734. The van der Waals surface area contributed by atoms with Crippen molar-refractivity contribution in [2.45, 2.75) is 25.3 Å². The van der Waals surface area contributed by atoms with E-state index in [0.29, 0.717) is 0 Å². The van der Waals surface area contributed by atoms with Gasteiger partial charge in [0.05, 0.1) is 0 Å². The number of nitrogens with zero attached hydrogens (tertiary/aromatic N) is 1. The minimum atomic E-state index is 0.734. The number of nitrogens with two attached hydrogens (primary N) is 1. The third kappa shape index (κ3) is 2.07. The van der Waals surface area contributed by atoms with Crippen LogP contribution in [0.3, 0.4) is 0 Å². The Morgan fingerprint density at radius 2 is 1.93 bits per heavy atom. The molecule has 1 aromatic carbocycles. The van der Waals surface area contributed by atoms with Crippen LogP contribution in [0.1, 0.15) is 18.4 Å². The van der Waals surface area contributed by atoms with E-state index in [1.54, 1.807) is 0 Å². The molecule has 1 aromatic rings. The lowest BCUT2D eigenvalue weighted by Gasteiger charge is -2.18. The molecule has 0 heterocycles. The van der Waals surface area contributed by atoms with E-state index in [-0.39, 0.29) is 0 Å². The van der Waals surface area contributed by atoms with Gasteiger partial charge in [0.2, 0.25) is 0 Å². The SMILES string of the molecule is CN(c1ccc(CCN)cc1)C1CC1. The van der Waals surface area contributed by atoms with E-state index in [9.17, 15) is 0 Å². The van der Waals surface area contributed by atoms with Crippen molar-refractivity contribution in [2.24, 2.45) is 5.73 Å². The topological polar surface area (TPSA) is 29.3 Å². The van der Waals surface area contributed by atoms with Crippen molar-refractivity contribution in [3.8, 4) is 0 Å². The summed E-state index contributed by atoms with van der Waals surface area (Å²) in [4.78, 5) is 2.37. The van der Waals surface area contributed by atoms with Gasteiger partial charge in [-0.05, 0) is 43.5 Å². The van der Waals surface area contributed by atoms with Gasteiger partial charge in [-0.25, -0.2) is 0 Å². The average molecular weight is 190 g/mol. The first-order chi connectivity index (χ1) is 6.81. The van der Waals surface area contributed by atoms with Crippen molar-refractivity contribution < 1.29 is 0 Å². The summed E-state index contributed by atoms with van der Waals surface area (Å²) >= 11 is 0. The Labute approximate surface area is 85.7 Å². The van der Waals surface area contributed by atoms with Crippen molar-refractivity contribution >= 4 is 5.69 Å². The van der Waals surface area contributed by atoms with Gasteiger partial charge in [-0.2, -0.15) is 0 Å². The van der Waals surface area contributed by atoms with Crippen molar-refractivity contribution in [1.82, 2.24) is 0 Å². The molecule has 1 saturated carbocycles. The molecule has 1 aliphatic carbocycles. The van der Waals surface area contributed by atoms with Gasteiger partial charge in [0.15, 0.2) is 0 Å². The van der Waals surface area contributed by atoms with Gasteiger partial charge >= 0.3 is 0 Å². The molecule has 0 aliphatic heterocycles. The molecule has 0 unspecified atom stereocenters. The maximum atomic E-state index is 5.51. The lowest BCUT2D eigenvalue weighted by Crippen LogP contribution is -2.19. The fourth-order valence-electron chi connectivity index (χ4n) is 1.74. The molecule has 2 rings (SSSR count).